The van der Waals surface area contributed by atoms with Gasteiger partial charge in [-0.1, -0.05) is 35.5 Å². The first kappa shape index (κ1) is 17.6. The molecule has 7 heteroatoms. The minimum absolute atomic E-state index is 0.105. The molecule has 122 valence electrons. The third-order valence-corrected chi connectivity index (χ3v) is 4.64. The van der Waals surface area contributed by atoms with Gasteiger partial charge in [0.1, 0.15) is 5.82 Å². The maximum Gasteiger partial charge on any atom is 0.237 e. The number of aromatic nitrogens is 3. The first-order valence-electron chi connectivity index (χ1n) is 7.16. The Morgan fingerprint density at radius 3 is 2.91 bits per heavy atom. The van der Waals surface area contributed by atoms with Crippen LogP contribution in [0, 0.1) is 13.8 Å². The maximum atomic E-state index is 12.4. The van der Waals surface area contributed by atoms with Crippen LogP contribution >= 0.6 is 23.4 Å². The van der Waals surface area contributed by atoms with E-state index >= 15 is 0 Å². The first-order valence-corrected chi connectivity index (χ1v) is 8.42. The largest absolute Gasteiger partial charge is 0.325 e. The molecule has 0 saturated carbocycles. The zero-order chi connectivity index (χ0) is 17.0. The fraction of sp³-hybridized carbons (Fsp3) is 0.312. The van der Waals surface area contributed by atoms with Crippen LogP contribution in [0.5, 0.6) is 0 Å². The van der Waals surface area contributed by atoms with Crippen LogP contribution < -0.4 is 5.32 Å². The lowest BCUT2D eigenvalue weighted by Gasteiger charge is -2.14. The summed E-state index contributed by atoms with van der Waals surface area (Å²) >= 11 is 7.35. The summed E-state index contributed by atoms with van der Waals surface area (Å²) in [6.45, 7) is 9.98. The molecule has 0 aliphatic heterocycles. The third-order valence-electron chi connectivity index (χ3n) is 3.32. The van der Waals surface area contributed by atoms with Crippen molar-refractivity contribution in [3.63, 3.8) is 0 Å². The normalized spacial score (nSPS) is 12.0. The highest BCUT2D eigenvalue weighted by molar-refractivity contribution is 8.00. The molecule has 2 rings (SSSR count). The number of thioether (sulfide) groups is 1. The van der Waals surface area contributed by atoms with Gasteiger partial charge in [-0.3, -0.25) is 4.79 Å². The molecule has 1 atom stereocenters. The number of carbonyl (C=O) groups is 1. The van der Waals surface area contributed by atoms with E-state index in [1.807, 2.05) is 31.4 Å². The molecule has 23 heavy (non-hydrogen) atoms. The van der Waals surface area contributed by atoms with Crippen LogP contribution in [0.3, 0.4) is 0 Å². The van der Waals surface area contributed by atoms with Gasteiger partial charge in [-0.05, 0) is 38.5 Å². The summed E-state index contributed by atoms with van der Waals surface area (Å²) in [6.07, 6.45) is 1.78. The van der Waals surface area contributed by atoms with E-state index in [0.717, 1.165) is 17.1 Å². The van der Waals surface area contributed by atoms with Crippen molar-refractivity contribution < 1.29 is 4.79 Å². The molecule has 5 nitrogen and oxygen atoms in total. The Balaban J connectivity index is 2.08. The predicted molar refractivity (Wildman–Crippen MR) is 95.1 cm³/mol. The Morgan fingerprint density at radius 1 is 1.48 bits per heavy atom. The number of hydrogen-bond donors (Lipinski definition) is 1. The summed E-state index contributed by atoms with van der Waals surface area (Å²) in [6, 6.07) is 5.42. The molecule has 0 fully saturated rings. The van der Waals surface area contributed by atoms with Gasteiger partial charge in [0.15, 0.2) is 5.16 Å². The van der Waals surface area contributed by atoms with Crippen LogP contribution in [0.1, 0.15) is 18.3 Å². The fourth-order valence-corrected chi connectivity index (χ4v) is 3.04. The monoisotopic (exact) mass is 350 g/mol. The van der Waals surface area contributed by atoms with E-state index in [9.17, 15) is 4.79 Å². The number of rotatable bonds is 6. The topological polar surface area (TPSA) is 59.8 Å². The molecule has 0 aliphatic rings. The number of nitrogens with one attached hydrogen (secondary N) is 1. The van der Waals surface area contributed by atoms with Crippen LogP contribution in [0.25, 0.3) is 0 Å². The van der Waals surface area contributed by atoms with Crippen LogP contribution in [0.2, 0.25) is 5.02 Å². The highest BCUT2D eigenvalue weighted by Crippen LogP contribution is 2.25. The van der Waals surface area contributed by atoms with Gasteiger partial charge in [-0.2, -0.15) is 0 Å². The number of nitrogens with zero attached hydrogens (tertiary/aromatic N) is 3. The van der Waals surface area contributed by atoms with Gasteiger partial charge in [0.2, 0.25) is 5.91 Å². The number of halogens is 1. The number of amides is 1. The van der Waals surface area contributed by atoms with E-state index in [1.54, 1.807) is 18.2 Å². The summed E-state index contributed by atoms with van der Waals surface area (Å²) in [5, 5.41) is 12.1. The molecule has 1 aromatic carbocycles. The number of aryl methyl sites for hydroxylation is 2. The van der Waals surface area contributed by atoms with Gasteiger partial charge in [0, 0.05) is 17.3 Å². The van der Waals surface area contributed by atoms with Crippen LogP contribution in [-0.4, -0.2) is 25.9 Å². The zero-order valence-electron chi connectivity index (χ0n) is 13.3. The molecule has 2 aromatic rings. The lowest BCUT2D eigenvalue weighted by atomic mass is 10.2. The van der Waals surface area contributed by atoms with Crippen molar-refractivity contribution in [2.45, 2.75) is 37.7 Å². The Morgan fingerprint density at radius 2 is 2.22 bits per heavy atom. The van der Waals surface area contributed by atoms with Crippen molar-refractivity contribution in [1.82, 2.24) is 14.8 Å². The highest BCUT2D eigenvalue weighted by atomic mass is 35.5. The van der Waals surface area contributed by atoms with E-state index < -0.39 is 0 Å². The molecular formula is C16H19ClN4OS. The fourth-order valence-electron chi connectivity index (χ4n) is 1.96. The molecule has 1 unspecified atom stereocenters. The molecule has 0 aliphatic carbocycles. The van der Waals surface area contributed by atoms with Gasteiger partial charge in [-0.15, -0.1) is 16.8 Å². The molecule has 0 bridgehead atoms. The molecular weight excluding hydrogens is 332 g/mol. The van der Waals surface area contributed by atoms with E-state index in [1.165, 1.54) is 11.8 Å². The second-order valence-electron chi connectivity index (χ2n) is 5.14. The van der Waals surface area contributed by atoms with Crippen molar-refractivity contribution >= 4 is 35.0 Å². The molecule has 1 aromatic heterocycles. The van der Waals surface area contributed by atoms with Crippen molar-refractivity contribution in [2.24, 2.45) is 0 Å². The Kier molecular flexibility index (Phi) is 5.85. The van der Waals surface area contributed by atoms with Crippen molar-refractivity contribution in [3.05, 3.63) is 47.3 Å². The molecule has 1 N–H and O–H groups in total. The summed E-state index contributed by atoms with van der Waals surface area (Å²) in [5.74, 6) is 0.692. The Labute approximate surface area is 145 Å². The maximum absolute atomic E-state index is 12.4. The molecule has 1 amide bonds. The average molecular weight is 351 g/mol. The quantitative estimate of drug-likeness (QED) is 0.635. The lowest BCUT2D eigenvalue weighted by molar-refractivity contribution is -0.115. The summed E-state index contributed by atoms with van der Waals surface area (Å²) < 4.78 is 1.92. The molecule has 0 saturated heterocycles. The number of carbonyl (C=O) groups excluding carboxylic acids is 1. The molecule has 0 radical (unpaired) electrons. The summed E-state index contributed by atoms with van der Waals surface area (Å²) in [7, 11) is 0. The first-order chi connectivity index (χ1) is 10.9. The molecule has 1 heterocycles. The van der Waals surface area contributed by atoms with Crippen LogP contribution in [-0.2, 0) is 11.3 Å². The van der Waals surface area contributed by atoms with Crippen LogP contribution in [0.15, 0.2) is 36.0 Å². The predicted octanol–water partition coefficient (Wildman–Crippen LogP) is 3.85. The second-order valence-corrected chi connectivity index (χ2v) is 6.88. The van der Waals surface area contributed by atoms with Gasteiger partial charge < -0.3 is 9.88 Å². The standard InChI is InChI=1S/C16H19ClN4OS/c1-5-8-21-12(4)19-20-16(21)23-11(3)15(22)18-14-9-13(17)7-6-10(14)2/h5-7,9,11H,1,8H2,2-4H3,(H,18,22). The van der Waals surface area contributed by atoms with Gasteiger partial charge in [-0.25, -0.2) is 0 Å². The van der Waals surface area contributed by atoms with Gasteiger partial charge >= 0.3 is 0 Å². The minimum Gasteiger partial charge on any atom is -0.325 e. The average Bonchev–Trinajstić information content (AvgIpc) is 2.84. The Bertz CT molecular complexity index is 729. The van der Waals surface area contributed by atoms with E-state index in [0.29, 0.717) is 16.7 Å². The van der Waals surface area contributed by atoms with Gasteiger partial charge in [0.25, 0.3) is 0 Å². The number of hydrogen-bond acceptors (Lipinski definition) is 4. The Hall–Kier alpha value is -1.79. The summed E-state index contributed by atoms with van der Waals surface area (Å²) in [4.78, 5) is 12.4. The van der Waals surface area contributed by atoms with Crippen molar-refractivity contribution in [1.29, 1.82) is 0 Å². The van der Waals surface area contributed by atoms with E-state index in [2.05, 4.69) is 22.1 Å². The minimum atomic E-state index is -0.319. The third kappa shape index (κ3) is 4.36. The van der Waals surface area contributed by atoms with Crippen LogP contribution in [0.4, 0.5) is 5.69 Å². The van der Waals surface area contributed by atoms with E-state index in [4.69, 9.17) is 11.6 Å². The summed E-state index contributed by atoms with van der Waals surface area (Å²) in [5.41, 5.74) is 1.68. The second kappa shape index (κ2) is 7.66. The highest BCUT2D eigenvalue weighted by Gasteiger charge is 2.19. The number of allylic oxidation sites excluding steroid dienone is 1. The van der Waals surface area contributed by atoms with Gasteiger partial charge in [0.05, 0.1) is 5.25 Å². The van der Waals surface area contributed by atoms with E-state index in [-0.39, 0.29) is 11.2 Å². The molecule has 0 spiro atoms. The van der Waals surface area contributed by atoms with Crippen molar-refractivity contribution in [2.75, 3.05) is 5.32 Å². The SMILES string of the molecule is C=CCn1c(C)nnc1SC(C)C(=O)Nc1cc(Cl)ccc1C. The zero-order valence-corrected chi connectivity index (χ0v) is 14.9. The van der Waals surface area contributed by atoms with Crippen molar-refractivity contribution in [3.8, 4) is 0 Å². The lowest BCUT2D eigenvalue weighted by Crippen LogP contribution is -2.23. The smallest absolute Gasteiger partial charge is 0.237 e. The number of anilines is 1. The number of benzene rings is 1.